The molecule has 21 heavy (non-hydrogen) atoms. The molecule has 0 aliphatic heterocycles. The number of methoxy groups -OCH3 is 1. The first-order chi connectivity index (χ1) is 10.1. The van der Waals surface area contributed by atoms with E-state index in [4.69, 9.17) is 17.0 Å². The third-order valence-corrected chi connectivity index (χ3v) is 2.45. The monoisotopic (exact) mass is 315 g/mol. The molecule has 1 rings (SSSR count). The molecule has 0 bridgehead atoms. The molecule has 0 spiro atoms. The average molecular weight is 315 g/mol. The number of hydrogen-bond donors (Lipinski definition) is 2. The molecule has 0 atom stereocenters. The zero-order chi connectivity index (χ0) is 15.7. The van der Waals surface area contributed by atoms with E-state index in [0.717, 1.165) is 0 Å². The molecule has 1 aromatic carbocycles. The lowest BCUT2D eigenvalue weighted by atomic mass is 10.2. The number of halogens is 2. The minimum atomic E-state index is -2.96. The lowest BCUT2D eigenvalue weighted by molar-refractivity contribution is -0.0513. The van der Waals surface area contributed by atoms with E-state index >= 15 is 0 Å². The predicted molar refractivity (Wildman–Crippen MR) is 81.2 cm³/mol. The molecule has 0 aliphatic carbocycles. The van der Waals surface area contributed by atoms with Gasteiger partial charge < -0.3 is 14.8 Å². The molecule has 0 fully saturated rings. The maximum Gasteiger partial charge on any atom is 0.387 e. The molecule has 0 radical (unpaired) electrons. The van der Waals surface area contributed by atoms with Gasteiger partial charge in [-0.25, -0.2) is 0 Å². The highest BCUT2D eigenvalue weighted by molar-refractivity contribution is 7.80. The van der Waals surface area contributed by atoms with E-state index < -0.39 is 6.61 Å². The lowest BCUT2D eigenvalue weighted by Crippen LogP contribution is -2.31. The van der Waals surface area contributed by atoms with Crippen LogP contribution in [-0.2, 0) is 0 Å². The van der Waals surface area contributed by atoms with Gasteiger partial charge in [-0.2, -0.15) is 13.9 Å². The number of hydrogen-bond acceptors (Lipinski definition) is 4. The quantitative estimate of drug-likeness (QED) is 0.350. The fourth-order valence-corrected chi connectivity index (χ4v) is 1.51. The van der Waals surface area contributed by atoms with Crippen LogP contribution < -0.4 is 20.2 Å². The Kier molecular flexibility index (Phi) is 7.10. The number of alkyl halides is 2. The van der Waals surface area contributed by atoms with Crippen molar-refractivity contribution in [1.82, 2.24) is 10.7 Å². The van der Waals surface area contributed by atoms with Gasteiger partial charge >= 0.3 is 6.61 Å². The molecular formula is C13H15F2N3O2S. The van der Waals surface area contributed by atoms with Crippen molar-refractivity contribution in [2.45, 2.75) is 6.61 Å². The first kappa shape index (κ1) is 16.8. The number of thiocarbonyl (C=S) groups is 1. The first-order valence-electron chi connectivity index (χ1n) is 5.88. The summed E-state index contributed by atoms with van der Waals surface area (Å²) in [6, 6.07) is 4.71. The van der Waals surface area contributed by atoms with Gasteiger partial charge in [0, 0.05) is 12.1 Å². The number of benzene rings is 1. The number of rotatable bonds is 7. The third-order valence-electron chi connectivity index (χ3n) is 2.21. The molecule has 0 heterocycles. The number of hydrazone groups is 1. The average Bonchev–Trinajstić information content (AvgIpc) is 2.46. The van der Waals surface area contributed by atoms with Crippen LogP contribution in [0.25, 0.3) is 0 Å². The van der Waals surface area contributed by atoms with Crippen LogP contribution in [0.1, 0.15) is 5.56 Å². The summed E-state index contributed by atoms with van der Waals surface area (Å²) < 4.78 is 34.3. The fraction of sp³-hybridized carbons (Fsp3) is 0.231. The highest BCUT2D eigenvalue weighted by atomic mass is 32.1. The number of para-hydroxylation sites is 1. The van der Waals surface area contributed by atoms with Crippen molar-refractivity contribution >= 4 is 23.5 Å². The van der Waals surface area contributed by atoms with Gasteiger partial charge in [-0.3, -0.25) is 5.43 Å². The van der Waals surface area contributed by atoms with Crippen molar-refractivity contribution in [1.29, 1.82) is 0 Å². The number of nitrogens with one attached hydrogen (secondary N) is 2. The van der Waals surface area contributed by atoms with Gasteiger partial charge in [0.25, 0.3) is 0 Å². The Morgan fingerprint density at radius 1 is 1.52 bits per heavy atom. The smallest absolute Gasteiger partial charge is 0.387 e. The van der Waals surface area contributed by atoms with Gasteiger partial charge in [-0.05, 0) is 24.4 Å². The topological polar surface area (TPSA) is 54.9 Å². The summed E-state index contributed by atoms with van der Waals surface area (Å²) >= 11 is 4.93. The molecule has 0 saturated carbocycles. The largest absolute Gasteiger partial charge is 0.493 e. The summed E-state index contributed by atoms with van der Waals surface area (Å²) in [6.45, 7) is 1.05. The van der Waals surface area contributed by atoms with E-state index in [0.29, 0.717) is 12.1 Å². The Morgan fingerprint density at radius 3 is 2.90 bits per heavy atom. The van der Waals surface area contributed by atoms with Crippen LogP contribution in [0, 0.1) is 0 Å². The van der Waals surface area contributed by atoms with Crippen molar-refractivity contribution < 1.29 is 18.3 Å². The van der Waals surface area contributed by atoms with Crippen molar-refractivity contribution in [3.63, 3.8) is 0 Å². The van der Waals surface area contributed by atoms with Crippen molar-refractivity contribution in [3.8, 4) is 11.5 Å². The fourth-order valence-electron chi connectivity index (χ4n) is 1.38. The van der Waals surface area contributed by atoms with E-state index in [1.54, 1.807) is 18.2 Å². The summed E-state index contributed by atoms with van der Waals surface area (Å²) in [4.78, 5) is 0. The molecule has 0 saturated heterocycles. The van der Waals surface area contributed by atoms with Crippen molar-refractivity contribution in [3.05, 3.63) is 36.4 Å². The van der Waals surface area contributed by atoms with Gasteiger partial charge in [0.15, 0.2) is 16.6 Å². The van der Waals surface area contributed by atoms with Crippen LogP contribution in [-0.4, -0.2) is 31.6 Å². The first-order valence-corrected chi connectivity index (χ1v) is 6.29. The van der Waals surface area contributed by atoms with Gasteiger partial charge in [-0.15, -0.1) is 6.58 Å². The highest BCUT2D eigenvalue weighted by Gasteiger charge is 2.14. The molecule has 1 aromatic rings. The summed E-state index contributed by atoms with van der Waals surface area (Å²) in [5.41, 5.74) is 2.87. The van der Waals surface area contributed by atoms with E-state index in [-0.39, 0.29) is 16.6 Å². The lowest BCUT2D eigenvalue weighted by Gasteiger charge is -2.12. The second kappa shape index (κ2) is 8.85. The molecule has 114 valence electrons. The molecular weight excluding hydrogens is 300 g/mol. The van der Waals surface area contributed by atoms with Crippen LogP contribution in [0.15, 0.2) is 36.0 Å². The Balaban J connectivity index is 2.81. The van der Waals surface area contributed by atoms with Crippen LogP contribution >= 0.6 is 12.2 Å². The SMILES string of the molecule is C=CCNC(=S)N/N=C\c1cccc(OC)c1OC(F)F. The Labute approximate surface area is 126 Å². The van der Waals surface area contributed by atoms with E-state index in [9.17, 15) is 8.78 Å². The van der Waals surface area contributed by atoms with Crippen molar-refractivity contribution in [2.24, 2.45) is 5.10 Å². The zero-order valence-electron chi connectivity index (χ0n) is 11.3. The van der Waals surface area contributed by atoms with Gasteiger partial charge in [0.05, 0.1) is 13.3 Å². The summed E-state index contributed by atoms with van der Waals surface area (Å²) in [6.07, 6.45) is 2.94. The normalized spacial score (nSPS) is 10.5. The minimum absolute atomic E-state index is 0.0921. The van der Waals surface area contributed by atoms with Crippen LogP contribution in [0.5, 0.6) is 11.5 Å². The molecule has 0 aliphatic rings. The molecule has 0 unspecified atom stereocenters. The highest BCUT2D eigenvalue weighted by Crippen LogP contribution is 2.31. The standard InChI is InChI=1S/C13H15F2N3O2S/c1-3-7-16-13(21)18-17-8-9-5-4-6-10(19-2)11(9)20-12(14)15/h3-6,8,12H,1,7H2,2H3,(H2,16,18,21)/b17-8-. The van der Waals surface area contributed by atoms with Crippen molar-refractivity contribution in [2.75, 3.05) is 13.7 Å². The maximum absolute atomic E-state index is 12.4. The molecule has 2 N–H and O–H groups in total. The second-order valence-corrected chi connectivity index (χ2v) is 4.03. The molecule has 5 nitrogen and oxygen atoms in total. The summed E-state index contributed by atoms with van der Waals surface area (Å²) in [7, 11) is 1.36. The Morgan fingerprint density at radius 2 is 2.29 bits per heavy atom. The van der Waals surface area contributed by atoms with E-state index in [2.05, 4.69) is 27.2 Å². The molecule has 0 aromatic heterocycles. The maximum atomic E-state index is 12.4. The minimum Gasteiger partial charge on any atom is -0.493 e. The van der Waals surface area contributed by atoms with E-state index in [1.165, 1.54) is 19.4 Å². The number of nitrogens with zero attached hydrogens (tertiary/aromatic N) is 1. The van der Waals surface area contributed by atoms with Gasteiger partial charge in [0.1, 0.15) is 0 Å². The van der Waals surface area contributed by atoms with E-state index in [1.807, 2.05) is 0 Å². The number of ether oxygens (including phenoxy) is 2. The molecule has 8 heteroatoms. The Hall–Kier alpha value is -2.22. The third kappa shape index (κ3) is 5.74. The summed E-state index contributed by atoms with van der Waals surface area (Å²) in [5, 5.41) is 6.93. The van der Waals surface area contributed by atoms with Crippen LogP contribution in [0.2, 0.25) is 0 Å². The summed E-state index contributed by atoms with van der Waals surface area (Å²) in [5.74, 6) is 0.0946. The van der Waals surface area contributed by atoms with Gasteiger partial charge in [0.2, 0.25) is 0 Å². The molecule has 0 amide bonds. The second-order valence-electron chi connectivity index (χ2n) is 3.63. The van der Waals surface area contributed by atoms with Crippen LogP contribution in [0.3, 0.4) is 0 Å². The zero-order valence-corrected chi connectivity index (χ0v) is 12.1. The predicted octanol–water partition coefficient (Wildman–Crippen LogP) is 2.28. The van der Waals surface area contributed by atoms with Gasteiger partial charge in [-0.1, -0.05) is 12.1 Å². The van der Waals surface area contributed by atoms with Crippen LogP contribution in [0.4, 0.5) is 8.78 Å². The Bertz CT molecular complexity index is 524.